The summed E-state index contributed by atoms with van der Waals surface area (Å²) in [4.78, 5) is 15.3. The average molecular weight is 453 g/mol. The molecule has 1 aromatic heterocycles. The molecule has 3 aromatic carbocycles. The van der Waals surface area contributed by atoms with Gasteiger partial charge < -0.3 is 9.64 Å². The third-order valence-corrected chi connectivity index (χ3v) is 6.48. The van der Waals surface area contributed by atoms with Gasteiger partial charge in [0.05, 0.1) is 13.3 Å². The molecule has 0 bridgehead atoms. The lowest BCUT2D eigenvalue weighted by Crippen LogP contribution is -2.46. The molecule has 1 aliphatic heterocycles. The van der Waals surface area contributed by atoms with Crippen molar-refractivity contribution in [2.45, 2.75) is 31.7 Å². The normalized spacial score (nSPS) is 15.8. The molecule has 6 heteroatoms. The topological polar surface area (TPSA) is 60.2 Å². The number of para-hydroxylation sites is 1. The highest BCUT2D eigenvalue weighted by molar-refractivity contribution is 5.78. The first-order chi connectivity index (χ1) is 16.7. The van der Waals surface area contributed by atoms with Crippen molar-refractivity contribution in [3.05, 3.63) is 90.6 Å². The van der Waals surface area contributed by atoms with Crippen molar-refractivity contribution < 1.29 is 9.53 Å². The molecular weight excluding hydrogens is 424 g/mol. The molecule has 1 aliphatic rings. The van der Waals surface area contributed by atoms with Crippen molar-refractivity contribution in [1.29, 1.82) is 0 Å². The number of aromatic nitrogens is 3. The summed E-state index contributed by atoms with van der Waals surface area (Å²) in [6.45, 7) is 0.749. The number of rotatable bonds is 5. The Balaban J connectivity index is 1.33. The van der Waals surface area contributed by atoms with Gasteiger partial charge in [-0.25, -0.2) is 4.79 Å². The Morgan fingerprint density at radius 1 is 0.941 bits per heavy atom. The fourth-order valence-corrected chi connectivity index (χ4v) is 4.68. The summed E-state index contributed by atoms with van der Waals surface area (Å²) in [6, 6.07) is 26.4. The molecule has 6 nitrogen and oxygen atoms in total. The van der Waals surface area contributed by atoms with Crippen molar-refractivity contribution in [3.8, 4) is 28.1 Å². The zero-order chi connectivity index (χ0) is 23.3. The number of hydrogen-bond donors (Lipinski definition) is 0. The first kappa shape index (κ1) is 21.9. The summed E-state index contributed by atoms with van der Waals surface area (Å²) in [6.07, 6.45) is 5.76. The Morgan fingerprint density at radius 2 is 1.68 bits per heavy atom. The molecule has 0 radical (unpaired) electrons. The molecular formula is C28H28N4O2. The number of methoxy groups -OCH3 is 1. The number of benzene rings is 3. The van der Waals surface area contributed by atoms with E-state index in [9.17, 15) is 4.79 Å². The molecule has 0 spiro atoms. The minimum atomic E-state index is -0.106. The van der Waals surface area contributed by atoms with E-state index in [1.165, 1.54) is 10.2 Å². The van der Waals surface area contributed by atoms with Crippen molar-refractivity contribution in [2.75, 3.05) is 13.7 Å². The van der Waals surface area contributed by atoms with E-state index < -0.39 is 0 Å². The molecule has 0 saturated carbocycles. The first-order valence-corrected chi connectivity index (χ1v) is 11.7. The predicted molar refractivity (Wildman–Crippen MR) is 133 cm³/mol. The second-order valence-corrected chi connectivity index (χ2v) is 8.64. The molecule has 1 fully saturated rings. The molecule has 2 heterocycles. The molecule has 0 unspecified atom stereocenters. The lowest BCUT2D eigenvalue weighted by Gasteiger charge is -2.35. The highest BCUT2D eigenvalue weighted by Gasteiger charge is 2.28. The van der Waals surface area contributed by atoms with Gasteiger partial charge in [-0.3, -0.25) is 0 Å². The number of ether oxygens (including phenoxy) is 1. The predicted octanol–water partition coefficient (Wildman–Crippen LogP) is 5.69. The maximum absolute atomic E-state index is 13.3. The monoisotopic (exact) mass is 452 g/mol. The van der Waals surface area contributed by atoms with Crippen molar-refractivity contribution >= 4 is 6.03 Å². The average Bonchev–Trinajstić information content (AvgIpc) is 3.40. The van der Waals surface area contributed by atoms with Crippen LogP contribution in [-0.2, 0) is 6.42 Å². The molecule has 0 N–H and O–H groups in total. The summed E-state index contributed by atoms with van der Waals surface area (Å²) in [7, 11) is 1.68. The van der Waals surface area contributed by atoms with E-state index in [4.69, 9.17) is 4.74 Å². The smallest absolute Gasteiger partial charge is 0.346 e. The zero-order valence-corrected chi connectivity index (χ0v) is 19.3. The van der Waals surface area contributed by atoms with E-state index >= 15 is 0 Å². The van der Waals surface area contributed by atoms with Gasteiger partial charge in [0.2, 0.25) is 0 Å². The lowest BCUT2D eigenvalue weighted by atomic mass is 9.96. The largest absolute Gasteiger partial charge is 0.496 e. The quantitative estimate of drug-likeness (QED) is 0.391. The van der Waals surface area contributed by atoms with E-state index in [1.54, 1.807) is 13.3 Å². The molecule has 1 amide bonds. The van der Waals surface area contributed by atoms with Crippen LogP contribution in [0.15, 0.2) is 85.1 Å². The van der Waals surface area contributed by atoms with Gasteiger partial charge in [0, 0.05) is 23.7 Å². The third kappa shape index (κ3) is 4.57. The summed E-state index contributed by atoms with van der Waals surface area (Å²) in [5, 5.41) is 8.46. The third-order valence-electron chi connectivity index (χ3n) is 6.48. The minimum Gasteiger partial charge on any atom is -0.496 e. The number of carbonyl (C=O) groups is 1. The van der Waals surface area contributed by atoms with Crippen molar-refractivity contribution in [3.63, 3.8) is 0 Å². The maximum atomic E-state index is 13.3. The van der Waals surface area contributed by atoms with E-state index in [1.807, 2.05) is 71.6 Å². The number of amides is 1. The van der Waals surface area contributed by atoms with Crippen molar-refractivity contribution in [2.24, 2.45) is 0 Å². The molecule has 0 aliphatic carbocycles. The van der Waals surface area contributed by atoms with E-state index in [0.717, 1.165) is 54.7 Å². The minimum absolute atomic E-state index is 0.106. The Labute approximate surface area is 199 Å². The fourth-order valence-electron chi connectivity index (χ4n) is 4.68. The lowest BCUT2D eigenvalue weighted by molar-refractivity contribution is 0.149. The Morgan fingerprint density at radius 3 is 2.47 bits per heavy atom. The van der Waals surface area contributed by atoms with Crippen LogP contribution in [0.4, 0.5) is 4.79 Å². The van der Waals surface area contributed by atoms with Gasteiger partial charge in [0.25, 0.3) is 0 Å². The van der Waals surface area contributed by atoms with Crippen molar-refractivity contribution in [1.82, 2.24) is 19.9 Å². The summed E-state index contributed by atoms with van der Waals surface area (Å²) in [5.74, 6) is 0.832. The van der Waals surface area contributed by atoms with Gasteiger partial charge in [-0.15, -0.1) is 5.10 Å². The molecule has 172 valence electrons. The zero-order valence-electron chi connectivity index (χ0n) is 19.3. The van der Waals surface area contributed by atoms with Crippen LogP contribution in [0.5, 0.6) is 5.75 Å². The van der Waals surface area contributed by atoms with Crippen LogP contribution in [0.3, 0.4) is 0 Å². The van der Waals surface area contributed by atoms with E-state index in [-0.39, 0.29) is 12.1 Å². The van der Waals surface area contributed by atoms with Gasteiger partial charge in [-0.1, -0.05) is 78.0 Å². The van der Waals surface area contributed by atoms with Gasteiger partial charge >= 0.3 is 6.03 Å². The van der Waals surface area contributed by atoms with E-state index in [2.05, 4.69) is 22.4 Å². The van der Waals surface area contributed by atoms with Crippen LogP contribution < -0.4 is 4.74 Å². The van der Waals surface area contributed by atoms with Gasteiger partial charge in [0.1, 0.15) is 11.4 Å². The molecule has 34 heavy (non-hydrogen) atoms. The molecule has 5 rings (SSSR count). The summed E-state index contributed by atoms with van der Waals surface area (Å²) >= 11 is 0. The Bertz CT molecular complexity index is 1250. The highest BCUT2D eigenvalue weighted by Crippen LogP contribution is 2.31. The number of carbonyl (C=O) groups excluding carboxylic acids is 1. The van der Waals surface area contributed by atoms with Gasteiger partial charge in [-0.2, -0.15) is 4.68 Å². The highest BCUT2D eigenvalue weighted by atomic mass is 16.5. The molecule has 1 saturated heterocycles. The second kappa shape index (κ2) is 9.91. The van der Waals surface area contributed by atoms with Gasteiger partial charge in [0.15, 0.2) is 0 Å². The van der Waals surface area contributed by atoms with Crippen LogP contribution in [0.25, 0.3) is 22.4 Å². The standard InChI is InChI=1S/C28H28N4O2/c1-34-27-13-6-5-12-25(27)22-14-16-23(17-15-22)26-20-32(30-29-26)28(33)31-18-8-7-11-24(31)19-21-9-3-2-4-10-21/h2-6,9-10,12-17,20,24H,7-8,11,18-19H2,1H3/t24-/m1/s1. The van der Waals surface area contributed by atoms with Crippen LogP contribution >= 0.6 is 0 Å². The Hall–Kier alpha value is -3.93. The SMILES string of the molecule is COc1ccccc1-c1ccc(-c2cn(C(=O)N3CCCC[C@@H]3Cc3ccccc3)nn2)cc1. The van der Waals surface area contributed by atoms with Crippen LogP contribution in [0.1, 0.15) is 24.8 Å². The summed E-state index contributed by atoms with van der Waals surface area (Å²) in [5.41, 5.74) is 4.93. The number of nitrogens with zero attached hydrogens (tertiary/aromatic N) is 4. The first-order valence-electron chi connectivity index (χ1n) is 11.7. The van der Waals surface area contributed by atoms with Crippen LogP contribution in [-0.4, -0.2) is 45.6 Å². The second-order valence-electron chi connectivity index (χ2n) is 8.64. The van der Waals surface area contributed by atoms with Crippen LogP contribution in [0.2, 0.25) is 0 Å². The number of hydrogen-bond acceptors (Lipinski definition) is 4. The maximum Gasteiger partial charge on any atom is 0.346 e. The number of piperidine rings is 1. The number of likely N-dealkylation sites (tertiary alicyclic amines) is 1. The summed E-state index contributed by atoms with van der Waals surface area (Å²) < 4.78 is 6.86. The molecule has 4 aromatic rings. The van der Waals surface area contributed by atoms with E-state index in [0.29, 0.717) is 5.69 Å². The Kier molecular flexibility index (Phi) is 6.38. The van der Waals surface area contributed by atoms with Gasteiger partial charge in [-0.05, 0) is 42.9 Å². The van der Waals surface area contributed by atoms with Crippen LogP contribution in [0, 0.1) is 0 Å². The molecule has 1 atom stereocenters. The fraction of sp³-hybridized carbons (Fsp3) is 0.250.